The smallest absolute Gasteiger partial charge is 0.239 e. The van der Waals surface area contributed by atoms with Crippen molar-refractivity contribution in [2.24, 2.45) is 0 Å². The van der Waals surface area contributed by atoms with Crippen LogP contribution in [0.25, 0.3) is 0 Å². The number of amides is 1. The summed E-state index contributed by atoms with van der Waals surface area (Å²) in [4.78, 5) is 11.7. The van der Waals surface area contributed by atoms with Crippen LogP contribution in [0.1, 0.15) is 26.2 Å². The lowest BCUT2D eigenvalue weighted by Gasteiger charge is -2.14. The topological polar surface area (TPSA) is 59.6 Å². The van der Waals surface area contributed by atoms with E-state index in [-0.39, 0.29) is 12.5 Å². The highest BCUT2D eigenvalue weighted by atomic mass is 35.5. The maximum absolute atomic E-state index is 11.7. The van der Waals surface area contributed by atoms with Gasteiger partial charge in [0.1, 0.15) is 11.5 Å². The highest BCUT2D eigenvalue weighted by Gasteiger charge is 2.10. The summed E-state index contributed by atoms with van der Waals surface area (Å²) in [5, 5.41) is 6.36. The number of anilines is 1. The van der Waals surface area contributed by atoms with E-state index in [1.807, 2.05) is 0 Å². The minimum Gasteiger partial charge on any atom is -0.495 e. The molecule has 0 fully saturated rings. The Morgan fingerprint density at radius 1 is 1.19 bits per heavy atom. The van der Waals surface area contributed by atoms with Gasteiger partial charge in [-0.2, -0.15) is 0 Å². The third-order valence-electron chi connectivity index (χ3n) is 3.02. The molecule has 0 aliphatic carbocycles. The Morgan fingerprint density at radius 3 is 2.52 bits per heavy atom. The van der Waals surface area contributed by atoms with Gasteiger partial charge in [0.25, 0.3) is 0 Å². The Bertz CT molecular complexity index is 466. The van der Waals surface area contributed by atoms with Crippen molar-refractivity contribution in [2.75, 3.05) is 32.6 Å². The molecule has 2 N–H and O–H groups in total. The maximum Gasteiger partial charge on any atom is 0.239 e. The highest BCUT2D eigenvalue weighted by Crippen LogP contribution is 2.35. The van der Waals surface area contributed by atoms with Crippen LogP contribution < -0.4 is 20.1 Å². The van der Waals surface area contributed by atoms with Crippen LogP contribution in [0.3, 0.4) is 0 Å². The van der Waals surface area contributed by atoms with E-state index >= 15 is 0 Å². The molecular formula is C15H23ClN2O3. The molecule has 0 unspecified atom stereocenters. The standard InChI is InChI=1S/C15H23ClN2O3/c1-4-5-6-7-17-15(19)10-18-12-9-13(20-2)11(16)8-14(12)21-3/h8-9,18H,4-7,10H2,1-3H3,(H,17,19). The largest absolute Gasteiger partial charge is 0.495 e. The van der Waals surface area contributed by atoms with Gasteiger partial charge in [-0.1, -0.05) is 31.4 Å². The van der Waals surface area contributed by atoms with E-state index in [0.29, 0.717) is 28.8 Å². The van der Waals surface area contributed by atoms with E-state index in [0.717, 1.165) is 19.3 Å². The van der Waals surface area contributed by atoms with Crippen molar-refractivity contribution in [1.82, 2.24) is 5.32 Å². The molecule has 0 aliphatic heterocycles. The predicted molar refractivity (Wildman–Crippen MR) is 85.6 cm³/mol. The number of benzene rings is 1. The van der Waals surface area contributed by atoms with E-state index in [1.165, 1.54) is 7.11 Å². The molecule has 118 valence electrons. The summed E-state index contributed by atoms with van der Waals surface area (Å²) in [6, 6.07) is 3.37. The molecule has 1 aromatic rings. The average molecular weight is 315 g/mol. The van der Waals surface area contributed by atoms with Gasteiger partial charge < -0.3 is 20.1 Å². The van der Waals surface area contributed by atoms with Crippen molar-refractivity contribution >= 4 is 23.2 Å². The van der Waals surface area contributed by atoms with Crippen molar-refractivity contribution in [1.29, 1.82) is 0 Å². The normalized spacial score (nSPS) is 10.1. The first-order valence-electron chi connectivity index (χ1n) is 7.04. The SMILES string of the molecule is CCCCCNC(=O)CNc1cc(OC)c(Cl)cc1OC. The molecule has 21 heavy (non-hydrogen) atoms. The number of nitrogens with one attached hydrogen (secondary N) is 2. The maximum atomic E-state index is 11.7. The molecule has 1 rings (SSSR count). The fourth-order valence-corrected chi connectivity index (χ4v) is 2.07. The molecule has 0 atom stereocenters. The molecular weight excluding hydrogens is 292 g/mol. The van der Waals surface area contributed by atoms with Crippen molar-refractivity contribution < 1.29 is 14.3 Å². The van der Waals surface area contributed by atoms with Crippen LogP contribution in [-0.4, -0.2) is 33.2 Å². The van der Waals surface area contributed by atoms with E-state index in [2.05, 4.69) is 17.6 Å². The van der Waals surface area contributed by atoms with Gasteiger partial charge in [-0.05, 0) is 6.42 Å². The Hall–Kier alpha value is -1.62. The molecule has 1 aromatic carbocycles. The van der Waals surface area contributed by atoms with Crippen LogP contribution >= 0.6 is 11.6 Å². The Balaban J connectivity index is 2.55. The zero-order chi connectivity index (χ0) is 15.7. The first-order valence-corrected chi connectivity index (χ1v) is 7.42. The number of hydrogen-bond donors (Lipinski definition) is 2. The minimum absolute atomic E-state index is 0.0536. The van der Waals surface area contributed by atoms with Crippen LogP contribution in [0.2, 0.25) is 5.02 Å². The number of halogens is 1. The molecule has 0 bridgehead atoms. The number of hydrogen-bond acceptors (Lipinski definition) is 4. The van der Waals surface area contributed by atoms with Crippen LogP contribution in [0, 0.1) is 0 Å². The Labute approximate surface area is 131 Å². The number of ether oxygens (including phenoxy) is 2. The summed E-state index contributed by atoms with van der Waals surface area (Å²) in [5.74, 6) is 1.05. The molecule has 0 spiro atoms. The van der Waals surface area contributed by atoms with Crippen LogP contribution in [0.15, 0.2) is 12.1 Å². The van der Waals surface area contributed by atoms with Crippen molar-refractivity contribution in [3.05, 3.63) is 17.2 Å². The van der Waals surface area contributed by atoms with Crippen molar-refractivity contribution in [3.63, 3.8) is 0 Å². The molecule has 6 heteroatoms. The number of methoxy groups -OCH3 is 2. The molecule has 0 saturated heterocycles. The summed E-state index contributed by atoms with van der Waals surface area (Å²) in [6.45, 7) is 3.01. The summed E-state index contributed by atoms with van der Waals surface area (Å²) in [7, 11) is 3.09. The third kappa shape index (κ3) is 5.71. The monoisotopic (exact) mass is 314 g/mol. The van der Waals surface area contributed by atoms with Gasteiger partial charge >= 0.3 is 0 Å². The van der Waals surface area contributed by atoms with Gasteiger partial charge in [0.05, 0.1) is 31.5 Å². The van der Waals surface area contributed by atoms with E-state index in [1.54, 1.807) is 19.2 Å². The molecule has 0 aliphatic rings. The van der Waals surface area contributed by atoms with E-state index < -0.39 is 0 Å². The van der Waals surface area contributed by atoms with Gasteiger partial charge in [0.2, 0.25) is 5.91 Å². The molecule has 1 amide bonds. The summed E-state index contributed by atoms with van der Waals surface area (Å²) in [5.41, 5.74) is 0.669. The zero-order valence-electron chi connectivity index (χ0n) is 12.8. The number of carbonyl (C=O) groups is 1. The lowest BCUT2D eigenvalue weighted by atomic mass is 10.2. The van der Waals surface area contributed by atoms with Crippen LogP contribution in [0.5, 0.6) is 11.5 Å². The Kier molecular flexibility index (Phi) is 7.75. The van der Waals surface area contributed by atoms with Crippen molar-refractivity contribution in [2.45, 2.75) is 26.2 Å². The van der Waals surface area contributed by atoms with Crippen LogP contribution in [-0.2, 0) is 4.79 Å². The molecule has 0 radical (unpaired) electrons. The second-order valence-corrected chi connectivity index (χ2v) is 5.00. The summed E-state index contributed by atoms with van der Waals surface area (Å²) in [6.07, 6.45) is 3.26. The number of carbonyl (C=O) groups excluding carboxylic acids is 1. The Morgan fingerprint density at radius 2 is 1.90 bits per heavy atom. The average Bonchev–Trinajstić information content (AvgIpc) is 2.49. The molecule has 0 aromatic heterocycles. The van der Waals surface area contributed by atoms with Gasteiger partial charge in [0, 0.05) is 18.7 Å². The first kappa shape index (κ1) is 17.4. The first-order chi connectivity index (χ1) is 10.1. The number of rotatable bonds is 9. The number of unbranched alkanes of at least 4 members (excludes halogenated alkanes) is 2. The molecule has 0 saturated carbocycles. The van der Waals surface area contributed by atoms with Crippen molar-refractivity contribution in [3.8, 4) is 11.5 Å². The minimum atomic E-state index is -0.0536. The molecule has 0 heterocycles. The second-order valence-electron chi connectivity index (χ2n) is 4.60. The van der Waals surface area contributed by atoms with Gasteiger partial charge in [0.15, 0.2) is 0 Å². The molecule has 5 nitrogen and oxygen atoms in total. The fraction of sp³-hybridized carbons (Fsp3) is 0.533. The van der Waals surface area contributed by atoms with Gasteiger partial charge in [-0.25, -0.2) is 0 Å². The van der Waals surface area contributed by atoms with E-state index in [9.17, 15) is 4.79 Å². The third-order valence-corrected chi connectivity index (χ3v) is 3.31. The summed E-state index contributed by atoms with van der Waals surface area (Å²) >= 11 is 6.03. The lowest BCUT2D eigenvalue weighted by molar-refractivity contribution is -0.119. The van der Waals surface area contributed by atoms with Gasteiger partial charge in [-0.15, -0.1) is 0 Å². The lowest BCUT2D eigenvalue weighted by Crippen LogP contribution is -2.30. The summed E-state index contributed by atoms with van der Waals surface area (Å²) < 4.78 is 10.4. The fourth-order valence-electron chi connectivity index (χ4n) is 1.84. The zero-order valence-corrected chi connectivity index (χ0v) is 13.5. The van der Waals surface area contributed by atoms with Crippen LogP contribution in [0.4, 0.5) is 5.69 Å². The quantitative estimate of drug-likeness (QED) is 0.688. The van der Waals surface area contributed by atoms with E-state index in [4.69, 9.17) is 21.1 Å². The van der Waals surface area contributed by atoms with Gasteiger partial charge in [-0.3, -0.25) is 4.79 Å². The predicted octanol–water partition coefficient (Wildman–Crippen LogP) is 3.08. The second kappa shape index (κ2) is 9.34. The highest BCUT2D eigenvalue weighted by molar-refractivity contribution is 6.32.